The summed E-state index contributed by atoms with van der Waals surface area (Å²) in [6, 6.07) is 6.20. The standard InChI is InChI=1S/C13H14N2O5S/c1-19-12(18)9(6-16)14-11(17)7-21-13-15-8-4-2-3-5-10(8)20-13/h2-5,9,16H,6-7H2,1H3,(H,14,17)/t9-/m0/s1. The maximum atomic E-state index is 11.7. The van der Waals surface area contributed by atoms with Crippen molar-refractivity contribution in [1.82, 2.24) is 10.3 Å². The number of carbonyl (C=O) groups is 2. The number of hydrogen-bond acceptors (Lipinski definition) is 7. The molecule has 2 rings (SSSR count). The zero-order valence-corrected chi connectivity index (χ0v) is 12.1. The molecular weight excluding hydrogens is 296 g/mol. The van der Waals surface area contributed by atoms with Gasteiger partial charge in [-0.15, -0.1) is 0 Å². The third-order valence-corrected chi connectivity index (χ3v) is 3.43. The van der Waals surface area contributed by atoms with Gasteiger partial charge < -0.3 is 19.6 Å². The number of hydrogen-bond donors (Lipinski definition) is 2. The van der Waals surface area contributed by atoms with E-state index < -0.39 is 24.5 Å². The highest BCUT2D eigenvalue weighted by Crippen LogP contribution is 2.22. The molecule has 0 unspecified atom stereocenters. The van der Waals surface area contributed by atoms with Gasteiger partial charge in [0.25, 0.3) is 5.22 Å². The number of para-hydroxylation sites is 2. The summed E-state index contributed by atoms with van der Waals surface area (Å²) in [5.41, 5.74) is 1.35. The smallest absolute Gasteiger partial charge is 0.330 e. The lowest BCUT2D eigenvalue weighted by atomic mass is 10.3. The van der Waals surface area contributed by atoms with E-state index in [0.717, 1.165) is 11.8 Å². The number of nitrogens with one attached hydrogen (secondary N) is 1. The molecule has 7 nitrogen and oxygen atoms in total. The monoisotopic (exact) mass is 310 g/mol. The maximum Gasteiger partial charge on any atom is 0.330 e. The van der Waals surface area contributed by atoms with Crippen molar-refractivity contribution in [2.75, 3.05) is 19.5 Å². The molecule has 1 atom stereocenters. The molecule has 0 aliphatic heterocycles. The minimum atomic E-state index is -1.06. The van der Waals surface area contributed by atoms with Gasteiger partial charge in [-0.3, -0.25) is 4.79 Å². The summed E-state index contributed by atoms with van der Waals surface area (Å²) in [7, 11) is 1.18. The van der Waals surface area contributed by atoms with E-state index in [2.05, 4.69) is 15.0 Å². The molecule has 1 heterocycles. The van der Waals surface area contributed by atoms with Gasteiger partial charge in [-0.25, -0.2) is 9.78 Å². The first-order chi connectivity index (χ1) is 10.1. The highest BCUT2D eigenvalue weighted by atomic mass is 32.2. The van der Waals surface area contributed by atoms with Gasteiger partial charge in [-0.2, -0.15) is 0 Å². The highest BCUT2D eigenvalue weighted by molar-refractivity contribution is 7.99. The minimum Gasteiger partial charge on any atom is -0.467 e. The average Bonchev–Trinajstić information content (AvgIpc) is 2.92. The number of oxazole rings is 1. The number of aromatic nitrogens is 1. The van der Waals surface area contributed by atoms with E-state index in [1.54, 1.807) is 6.07 Å². The fourth-order valence-electron chi connectivity index (χ4n) is 1.60. The molecule has 0 saturated carbocycles. The largest absolute Gasteiger partial charge is 0.467 e. The number of methoxy groups -OCH3 is 1. The highest BCUT2D eigenvalue weighted by Gasteiger charge is 2.20. The van der Waals surface area contributed by atoms with E-state index in [1.165, 1.54) is 7.11 Å². The summed E-state index contributed by atoms with van der Waals surface area (Å²) in [4.78, 5) is 27.1. The SMILES string of the molecule is COC(=O)[C@H](CO)NC(=O)CSc1nc2ccccc2o1. The fraction of sp³-hybridized carbons (Fsp3) is 0.308. The molecule has 0 bridgehead atoms. The Kier molecular flexibility index (Phi) is 5.18. The summed E-state index contributed by atoms with van der Waals surface area (Å²) in [6.07, 6.45) is 0. The van der Waals surface area contributed by atoms with Gasteiger partial charge in [0, 0.05) is 0 Å². The molecule has 1 aromatic heterocycles. The van der Waals surface area contributed by atoms with E-state index in [4.69, 9.17) is 9.52 Å². The van der Waals surface area contributed by atoms with Crippen LogP contribution in [0.2, 0.25) is 0 Å². The Labute approximate surface area is 124 Å². The van der Waals surface area contributed by atoms with Crippen LogP contribution in [0.1, 0.15) is 0 Å². The summed E-state index contributed by atoms with van der Waals surface area (Å²) in [5, 5.41) is 11.7. The number of rotatable bonds is 6. The van der Waals surface area contributed by atoms with Gasteiger partial charge in [-0.1, -0.05) is 23.9 Å². The number of carbonyl (C=O) groups excluding carboxylic acids is 2. The quantitative estimate of drug-likeness (QED) is 0.594. The van der Waals surface area contributed by atoms with Gasteiger partial charge in [0.1, 0.15) is 5.52 Å². The van der Waals surface area contributed by atoms with Crippen molar-refractivity contribution < 1.29 is 23.8 Å². The number of aliphatic hydroxyl groups excluding tert-OH is 1. The number of aliphatic hydroxyl groups is 1. The van der Waals surface area contributed by atoms with E-state index in [0.29, 0.717) is 16.3 Å². The van der Waals surface area contributed by atoms with Crippen molar-refractivity contribution in [3.8, 4) is 0 Å². The molecule has 2 N–H and O–H groups in total. The minimum absolute atomic E-state index is 0.0142. The number of amides is 1. The lowest BCUT2D eigenvalue weighted by Crippen LogP contribution is -2.44. The van der Waals surface area contributed by atoms with Crippen molar-refractivity contribution in [2.24, 2.45) is 0 Å². The zero-order valence-electron chi connectivity index (χ0n) is 11.2. The second-order valence-electron chi connectivity index (χ2n) is 4.06. The normalized spacial score (nSPS) is 12.1. The van der Waals surface area contributed by atoms with Gasteiger partial charge in [0.15, 0.2) is 11.6 Å². The van der Waals surface area contributed by atoms with Crippen molar-refractivity contribution in [3.05, 3.63) is 24.3 Å². The number of thioether (sulfide) groups is 1. The number of esters is 1. The van der Waals surface area contributed by atoms with E-state index in [1.807, 2.05) is 18.2 Å². The third-order valence-electron chi connectivity index (χ3n) is 2.60. The van der Waals surface area contributed by atoms with Gasteiger partial charge in [-0.05, 0) is 12.1 Å². The molecule has 0 radical (unpaired) electrons. The van der Waals surface area contributed by atoms with Crippen LogP contribution >= 0.6 is 11.8 Å². The van der Waals surface area contributed by atoms with Crippen LogP contribution in [0.25, 0.3) is 11.1 Å². The van der Waals surface area contributed by atoms with Crippen LogP contribution in [0.15, 0.2) is 33.9 Å². The molecule has 0 aliphatic rings. The molecule has 0 saturated heterocycles. The molecule has 0 fully saturated rings. The molecule has 2 aromatic rings. The van der Waals surface area contributed by atoms with Crippen LogP contribution in [-0.2, 0) is 14.3 Å². The maximum absolute atomic E-state index is 11.7. The van der Waals surface area contributed by atoms with Crippen molar-refractivity contribution in [2.45, 2.75) is 11.3 Å². The lowest BCUT2D eigenvalue weighted by molar-refractivity contribution is -0.145. The van der Waals surface area contributed by atoms with E-state index in [9.17, 15) is 9.59 Å². The summed E-state index contributed by atoms with van der Waals surface area (Å²) in [6.45, 7) is -0.522. The Morgan fingerprint density at radius 3 is 2.90 bits per heavy atom. The fourth-order valence-corrected chi connectivity index (χ4v) is 2.25. The summed E-state index contributed by atoms with van der Waals surface area (Å²) >= 11 is 1.10. The van der Waals surface area contributed by atoms with Crippen molar-refractivity contribution >= 4 is 34.7 Å². The van der Waals surface area contributed by atoms with Crippen LogP contribution in [0, 0.1) is 0 Å². The number of nitrogens with zero attached hydrogens (tertiary/aromatic N) is 1. The molecule has 112 valence electrons. The first-order valence-corrected chi connectivity index (χ1v) is 7.09. The van der Waals surface area contributed by atoms with Crippen molar-refractivity contribution in [1.29, 1.82) is 0 Å². The van der Waals surface area contributed by atoms with E-state index in [-0.39, 0.29) is 5.75 Å². The molecule has 1 amide bonds. The molecule has 21 heavy (non-hydrogen) atoms. The molecular formula is C13H14N2O5S. The molecule has 0 aliphatic carbocycles. The van der Waals surface area contributed by atoms with E-state index >= 15 is 0 Å². The van der Waals surface area contributed by atoms with Crippen molar-refractivity contribution in [3.63, 3.8) is 0 Å². The van der Waals surface area contributed by atoms with Crippen LogP contribution in [-0.4, -0.2) is 47.5 Å². The lowest BCUT2D eigenvalue weighted by Gasteiger charge is -2.12. The molecule has 8 heteroatoms. The molecule has 1 aromatic carbocycles. The van der Waals surface area contributed by atoms with Crippen LogP contribution < -0.4 is 5.32 Å². The zero-order chi connectivity index (χ0) is 15.2. The topological polar surface area (TPSA) is 102 Å². The predicted molar refractivity (Wildman–Crippen MR) is 75.8 cm³/mol. The van der Waals surface area contributed by atoms with Gasteiger partial charge >= 0.3 is 5.97 Å². The Balaban J connectivity index is 1.90. The number of fused-ring (bicyclic) bond motifs is 1. The first kappa shape index (κ1) is 15.3. The second kappa shape index (κ2) is 7.09. The Hall–Kier alpha value is -2.06. The number of ether oxygens (including phenoxy) is 1. The average molecular weight is 310 g/mol. The van der Waals surface area contributed by atoms with Gasteiger partial charge in [0.05, 0.1) is 19.5 Å². The first-order valence-electron chi connectivity index (χ1n) is 6.10. The number of benzene rings is 1. The predicted octanol–water partition coefficient (Wildman–Crippen LogP) is 0.570. The third kappa shape index (κ3) is 3.96. The van der Waals surface area contributed by atoms with Gasteiger partial charge in [0.2, 0.25) is 5.91 Å². The summed E-state index contributed by atoms with van der Waals surface area (Å²) in [5.74, 6) is -1.11. The second-order valence-corrected chi connectivity index (χ2v) is 4.99. The van der Waals surface area contributed by atoms with Crippen LogP contribution in [0.3, 0.4) is 0 Å². The van der Waals surface area contributed by atoms with Crippen LogP contribution in [0.5, 0.6) is 0 Å². The Morgan fingerprint density at radius 2 is 2.24 bits per heavy atom. The Bertz CT molecular complexity index is 609. The van der Waals surface area contributed by atoms with Crippen LogP contribution in [0.4, 0.5) is 0 Å². The molecule has 0 spiro atoms. The summed E-state index contributed by atoms with van der Waals surface area (Å²) < 4.78 is 9.90. The Morgan fingerprint density at radius 1 is 1.48 bits per heavy atom.